The van der Waals surface area contributed by atoms with Gasteiger partial charge >= 0.3 is 0 Å². The Morgan fingerprint density at radius 1 is 1.00 bits per heavy atom. The van der Waals surface area contributed by atoms with Crippen LogP contribution in [0.2, 0.25) is 0 Å². The molecule has 2 aromatic heterocycles. The van der Waals surface area contributed by atoms with Gasteiger partial charge in [-0.25, -0.2) is 9.97 Å². The van der Waals surface area contributed by atoms with Crippen LogP contribution in [0.15, 0.2) is 24.3 Å². The molecular formula is C29H38N6O. The fourth-order valence-electron chi connectivity index (χ4n) is 6.15. The van der Waals surface area contributed by atoms with Gasteiger partial charge < -0.3 is 14.5 Å². The first kappa shape index (κ1) is 23.5. The molecule has 4 heterocycles. The van der Waals surface area contributed by atoms with Crippen LogP contribution in [0.1, 0.15) is 60.2 Å². The summed E-state index contributed by atoms with van der Waals surface area (Å²) in [5.74, 6) is 4.29. The molecule has 6 rings (SSSR count). The molecular weight excluding hydrogens is 448 g/mol. The maximum atomic E-state index is 5.76. The number of methoxy groups -OCH3 is 1. The molecule has 1 aromatic carbocycles. The van der Waals surface area contributed by atoms with E-state index in [2.05, 4.69) is 66.6 Å². The molecule has 7 nitrogen and oxygen atoms in total. The zero-order valence-electron chi connectivity index (χ0n) is 22.3. The van der Waals surface area contributed by atoms with Gasteiger partial charge in [0.25, 0.3) is 0 Å². The van der Waals surface area contributed by atoms with Crippen LogP contribution in [0.5, 0.6) is 0 Å². The van der Waals surface area contributed by atoms with Gasteiger partial charge in [0.05, 0.1) is 17.5 Å². The first-order valence-corrected chi connectivity index (χ1v) is 13.5. The van der Waals surface area contributed by atoms with E-state index in [4.69, 9.17) is 19.8 Å². The summed E-state index contributed by atoms with van der Waals surface area (Å²) >= 11 is 0. The van der Waals surface area contributed by atoms with Crippen molar-refractivity contribution >= 4 is 11.6 Å². The highest BCUT2D eigenvalue weighted by atomic mass is 16.5. The second kappa shape index (κ2) is 9.18. The molecule has 1 saturated heterocycles. The van der Waals surface area contributed by atoms with E-state index < -0.39 is 0 Å². The van der Waals surface area contributed by atoms with Crippen molar-refractivity contribution in [2.24, 2.45) is 13.0 Å². The monoisotopic (exact) mass is 486 g/mol. The van der Waals surface area contributed by atoms with E-state index in [9.17, 15) is 0 Å². The molecule has 36 heavy (non-hydrogen) atoms. The van der Waals surface area contributed by atoms with Crippen molar-refractivity contribution < 1.29 is 4.74 Å². The molecule has 3 aromatic rings. The predicted octanol–water partition coefficient (Wildman–Crippen LogP) is 4.80. The number of ether oxygens (including phenoxy) is 1. The summed E-state index contributed by atoms with van der Waals surface area (Å²) in [6.45, 7) is 10.3. The fourth-order valence-corrected chi connectivity index (χ4v) is 6.15. The third-order valence-corrected chi connectivity index (χ3v) is 8.37. The first-order chi connectivity index (χ1) is 17.4. The summed E-state index contributed by atoms with van der Waals surface area (Å²) in [7, 11) is 3.92. The van der Waals surface area contributed by atoms with Gasteiger partial charge in [-0.1, -0.05) is 25.1 Å². The molecule has 1 unspecified atom stereocenters. The van der Waals surface area contributed by atoms with E-state index >= 15 is 0 Å². The average molecular weight is 487 g/mol. The Kier molecular flexibility index (Phi) is 5.98. The summed E-state index contributed by atoms with van der Waals surface area (Å²) in [5, 5.41) is 4.84. The topological polar surface area (TPSA) is 59.3 Å². The standard InChI is InChI=1S/C29H38N6O/c1-18-7-6-8-19(2)27(18)28-30-23-11-13-34(26-15-24(21-9-10-21)32-33(26)4)17-22(23)29(31-28)35-14-12-25(36-5)20(3)16-35/h6-8,15,20-21,25H,9-14,16-17H2,1-5H3/t20-,25?/m0/s1. The lowest BCUT2D eigenvalue weighted by Crippen LogP contribution is -2.44. The number of aromatic nitrogens is 4. The van der Waals surface area contributed by atoms with Crippen molar-refractivity contribution in [3.05, 3.63) is 52.3 Å². The SMILES string of the molecule is COC1CCN(c2nc(-c3c(C)cccc3C)nc3c2CN(c2cc(C4CC4)nn2C)CC3)C[C@@H]1C. The van der Waals surface area contributed by atoms with Gasteiger partial charge in [-0.2, -0.15) is 5.10 Å². The Balaban J connectivity index is 1.41. The number of nitrogens with zero attached hydrogens (tertiary/aromatic N) is 6. The fraction of sp³-hybridized carbons (Fsp3) is 0.552. The van der Waals surface area contributed by atoms with E-state index in [0.29, 0.717) is 17.9 Å². The van der Waals surface area contributed by atoms with Crippen LogP contribution in [0.4, 0.5) is 11.6 Å². The molecule has 2 atom stereocenters. The minimum Gasteiger partial charge on any atom is -0.381 e. The van der Waals surface area contributed by atoms with E-state index in [1.165, 1.54) is 52.3 Å². The number of benzene rings is 1. The van der Waals surface area contributed by atoms with Gasteiger partial charge in [-0.3, -0.25) is 4.68 Å². The molecule has 7 heteroatoms. The Hall–Kier alpha value is -2.93. The van der Waals surface area contributed by atoms with Crippen molar-refractivity contribution in [2.45, 2.75) is 65.0 Å². The lowest BCUT2D eigenvalue weighted by molar-refractivity contribution is 0.0443. The zero-order chi connectivity index (χ0) is 25.0. The number of anilines is 2. The molecule has 0 N–H and O–H groups in total. The number of fused-ring (bicyclic) bond motifs is 1. The van der Waals surface area contributed by atoms with Crippen LogP contribution in [0.25, 0.3) is 11.4 Å². The molecule has 1 saturated carbocycles. The van der Waals surface area contributed by atoms with Gasteiger partial charge in [0.2, 0.25) is 0 Å². The maximum Gasteiger partial charge on any atom is 0.162 e. The van der Waals surface area contributed by atoms with Crippen LogP contribution >= 0.6 is 0 Å². The van der Waals surface area contributed by atoms with Gasteiger partial charge in [-0.05, 0) is 50.2 Å². The lowest BCUT2D eigenvalue weighted by Gasteiger charge is -2.39. The molecule has 1 aliphatic carbocycles. The normalized spacial score (nSPS) is 22.1. The predicted molar refractivity (Wildman–Crippen MR) is 144 cm³/mol. The number of piperidine rings is 1. The van der Waals surface area contributed by atoms with Crippen LogP contribution < -0.4 is 9.80 Å². The second-order valence-corrected chi connectivity index (χ2v) is 11.0. The molecule has 2 aliphatic heterocycles. The molecule has 0 amide bonds. The lowest BCUT2D eigenvalue weighted by atomic mass is 9.95. The summed E-state index contributed by atoms with van der Waals surface area (Å²) in [6, 6.07) is 8.75. The van der Waals surface area contributed by atoms with Crippen molar-refractivity contribution in [3.63, 3.8) is 0 Å². The first-order valence-electron chi connectivity index (χ1n) is 13.5. The Morgan fingerprint density at radius 3 is 2.47 bits per heavy atom. The van der Waals surface area contributed by atoms with E-state index in [1.807, 2.05) is 7.11 Å². The molecule has 0 spiro atoms. The van der Waals surface area contributed by atoms with E-state index in [0.717, 1.165) is 50.7 Å². The minimum atomic E-state index is 0.309. The summed E-state index contributed by atoms with van der Waals surface area (Å²) in [5.41, 5.74) is 7.34. The average Bonchev–Trinajstić information content (AvgIpc) is 3.64. The summed E-state index contributed by atoms with van der Waals surface area (Å²) < 4.78 is 7.83. The smallest absolute Gasteiger partial charge is 0.162 e. The third kappa shape index (κ3) is 4.17. The van der Waals surface area contributed by atoms with Crippen molar-refractivity contribution in [2.75, 3.05) is 36.5 Å². The van der Waals surface area contributed by atoms with Crippen LogP contribution in [0.3, 0.4) is 0 Å². The van der Waals surface area contributed by atoms with Gasteiger partial charge in [0, 0.05) is 69.9 Å². The largest absolute Gasteiger partial charge is 0.381 e. The number of hydrogen-bond acceptors (Lipinski definition) is 6. The molecule has 190 valence electrons. The third-order valence-electron chi connectivity index (χ3n) is 8.37. The van der Waals surface area contributed by atoms with Crippen LogP contribution in [0, 0.1) is 19.8 Å². The highest BCUT2D eigenvalue weighted by Crippen LogP contribution is 2.41. The Bertz CT molecular complexity index is 1260. The van der Waals surface area contributed by atoms with Gasteiger partial charge in [0.1, 0.15) is 11.6 Å². The van der Waals surface area contributed by atoms with Crippen molar-refractivity contribution in [1.29, 1.82) is 0 Å². The van der Waals surface area contributed by atoms with Crippen molar-refractivity contribution in [3.8, 4) is 11.4 Å². The van der Waals surface area contributed by atoms with E-state index in [-0.39, 0.29) is 0 Å². The summed E-state index contributed by atoms with van der Waals surface area (Å²) in [4.78, 5) is 15.5. The van der Waals surface area contributed by atoms with Crippen LogP contribution in [-0.4, -0.2) is 52.6 Å². The highest BCUT2D eigenvalue weighted by Gasteiger charge is 2.33. The van der Waals surface area contributed by atoms with E-state index in [1.54, 1.807) is 0 Å². The van der Waals surface area contributed by atoms with Gasteiger partial charge in [0.15, 0.2) is 5.82 Å². The van der Waals surface area contributed by atoms with Crippen molar-refractivity contribution in [1.82, 2.24) is 19.7 Å². The minimum absolute atomic E-state index is 0.309. The molecule has 2 fully saturated rings. The highest BCUT2D eigenvalue weighted by molar-refractivity contribution is 5.68. The number of hydrogen-bond donors (Lipinski definition) is 0. The Labute approximate surface area is 214 Å². The van der Waals surface area contributed by atoms with Crippen LogP contribution in [-0.2, 0) is 24.8 Å². The van der Waals surface area contributed by atoms with Gasteiger partial charge in [-0.15, -0.1) is 0 Å². The molecule has 0 bridgehead atoms. The number of aryl methyl sites for hydroxylation is 3. The Morgan fingerprint density at radius 2 is 1.78 bits per heavy atom. The second-order valence-electron chi connectivity index (χ2n) is 11.0. The molecule has 0 radical (unpaired) electrons. The molecule has 3 aliphatic rings. The maximum absolute atomic E-state index is 5.76. The quantitative estimate of drug-likeness (QED) is 0.517. The summed E-state index contributed by atoms with van der Waals surface area (Å²) in [6.07, 6.45) is 4.79. The number of rotatable bonds is 5. The zero-order valence-corrected chi connectivity index (χ0v) is 22.3.